The zero-order valence-corrected chi connectivity index (χ0v) is 14.2. The summed E-state index contributed by atoms with van der Waals surface area (Å²) in [6.07, 6.45) is 3.68. The number of nitrogens with one attached hydrogen (secondary N) is 3. The van der Waals surface area contributed by atoms with Gasteiger partial charge in [0.1, 0.15) is 5.84 Å². The zero-order chi connectivity index (χ0) is 15.1. The summed E-state index contributed by atoms with van der Waals surface area (Å²) in [4.78, 5) is 7.57. The van der Waals surface area contributed by atoms with Gasteiger partial charge in [-0.25, -0.2) is 4.99 Å². The van der Waals surface area contributed by atoms with Crippen LogP contribution in [-0.4, -0.2) is 34.8 Å². The monoisotopic (exact) mass is 347 g/mol. The van der Waals surface area contributed by atoms with Crippen LogP contribution in [0.4, 0.5) is 0 Å². The first-order valence-electron chi connectivity index (χ1n) is 7.54. The number of nitrogens with zero attached hydrogens (tertiary/aromatic N) is 2. The van der Waals surface area contributed by atoms with Crippen LogP contribution in [-0.2, 0) is 0 Å². The highest BCUT2D eigenvalue weighted by Gasteiger charge is 2.31. The van der Waals surface area contributed by atoms with Crippen molar-refractivity contribution in [2.75, 3.05) is 13.1 Å². The third-order valence-corrected chi connectivity index (χ3v) is 5.32. The number of hydrogen-bond acceptors (Lipinski definition) is 4. The van der Waals surface area contributed by atoms with Crippen LogP contribution in [0.1, 0.15) is 30.4 Å². The van der Waals surface area contributed by atoms with Crippen LogP contribution in [0.2, 0.25) is 0 Å². The van der Waals surface area contributed by atoms with Gasteiger partial charge in [-0.05, 0) is 31.0 Å². The maximum Gasteiger partial charge on any atom is 0.171 e. The molecule has 3 aliphatic rings. The minimum atomic E-state index is 0. The van der Waals surface area contributed by atoms with E-state index in [0.29, 0.717) is 11.7 Å². The molecule has 1 fully saturated rings. The van der Waals surface area contributed by atoms with Crippen LogP contribution < -0.4 is 5.32 Å². The summed E-state index contributed by atoms with van der Waals surface area (Å²) in [5.74, 6) is 0.704. The number of hydrogen-bond donors (Lipinski definition) is 3. The summed E-state index contributed by atoms with van der Waals surface area (Å²) in [7, 11) is 0. The molecule has 0 unspecified atom stereocenters. The molecule has 1 saturated heterocycles. The van der Waals surface area contributed by atoms with Gasteiger partial charge in [-0.3, -0.25) is 10.8 Å². The fraction of sp³-hybridized carbons (Fsp3) is 0.312. The molecule has 7 heteroatoms. The molecule has 4 rings (SSSR count). The minimum Gasteiger partial charge on any atom is -0.351 e. The Balaban J connectivity index is 0.00000156. The number of amidine groups is 3. The maximum absolute atomic E-state index is 8.22. The molecule has 0 saturated carbocycles. The van der Waals surface area contributed by atoms with Crippen LogP contribution in [0.15, 0.2) is 34.2 Å². The SMILES string of the molecule is Cl.N=C1N=C(N2CCCCC2)S/C1=C1/NC(=N)c2ccccc21. The molecule has 0 spiro atoms. The number of likely N-dealkylation sites (tertiary alicyclic amines) is 1. The predicted molar refractivity (Wildman–Crippen MR) is 98.8 cm³/mol. The molecule has 1 aromatic carbocycles. The first-order chi connectivity index (χ1) is 10.7. The largest absolute Gasteiger partial charge is 0.351 e. The third kappa shape index (κ3) is 2.77. The van der Waals surface area contributed by atoms with E-state index in [9.17, 15) is 0 Å². The molecule has 3 heterocycles. The lowest BCUT2D eigenvalue weighted by Crippen LogP contribution is -2.33. The number of benzene rings is 1. The smallest absolute Gasteiger partial charge is 0.171 e. The summed E-state index contributed by atoms with van der Waals surface area (Å²) in [6, 6.07) is 7.84. The average molecular weight is 348 g/mol. The molecule has 0 amide bonds. The van der Waals surface area contributed by atoms with Crippen molar-refractivity contribution in [1.82, 2.24) is 10.2 Å². The van der Waals surface area contributed by atoms with E-state index in [1.807, 2.05) is 24.3 Å². The van der Waals surface area contributed by atoms with Crippen LogP contribution >= 0.6 is 24.2 Å². The molecule has 0 atom stereocenters. The molecular weight excluding hydrogens is 330 g/mol. The normalized spacial score (nSPS) is 23.3. The second-order valence-electron chi connectivity index (χ2n) is 5.64. The van der Waals surface area contributed by atoms with Gasteiger partial charge < -0.3 is 10.2 Å². The molecule has 1 aromatic rings. The quantitative estimate of drug-likeness (QED) is 0.674. The van der Waals surface area contributed by atoms with E-state index in [2.05, 4.69) is 15.2 Å². The number of rotatable bonds is 0. The Bertz CT molecular complexity index is 734. The lowest BCUT2D eigenvalue weighted by atomic mass is 10.1. The highest BCUT2D eigenvalue weighted by molar-refractivity contribution is 8.18. The molecule has 0 bridgehead atoms. The number of thioether (sulfide) groups is 1. The van der Waals surface area contributed by atoms with Gasteiger partial charge in [-0.1, -0.05) is 24.3 Å². The topological polar surface area (TPSA) is 75.3 Å². The molecule has 23 heavy (non-hydrogen) atoms. The highest BCUT2D eigenvalue weighted by Crippen LogP contribution is 2.37. The Morgan fingerprint density at radius 3 is 2.48 bits per heavy atom. The maximum atomic E-state index is 8.22. The molecular formula is C16H18ClN5S. The zero-order valence-electron chi connectivity index (χ0n) is 12.6. The summed E-state index contributed by atoms with van der Waals surface area (Å²) >= 11 is 1.56. The van der Waals surface area contributed by atoms with Crippen molar-refractivity contribution in [2.24, 2.45) is 4.99 Å². The Hall–Kier alpha value is -1.79. The average Bonchev–Trinajstić information content (AvgIpc) is 3.09. The standard InChI is InChI=1S/C16H17N5S.ClH/c17-14-11-7-3-2-6-10(11)12(19-14)13-15(18)20-16(22-13)21-8-4-1-5-9-21;/h2-3,6-7,18H,1,4-5,8-9H2,(H2,17,19);1H/b13-12+,18-15?;. The summed E-state index contributed by atoms with van der Waals surface area (Å²) in [6.45, 7) is 2.06. The van der Waals surface area contributed by atoms with Gasteiger partial charge in [-0.2, -0.15) is 0 Å². The van der Waals surface area contributed by atoms with E-state index in [0.717, 1.165) is 40.0 Å². The van der Waals surface area contributed by atoms with E-state index in [-0.39, 0.29) is 12.4 Å². The number of aliphatic imine (C=N–C) groups is 1. The van der Waals surface area contributed by atoms with Crippen LogP contribution in [0.3, 0.4) is 0 Å². The van der Waals surface area contributed by atoms with E-state index < -0.39 is 0 Å². The Morgan fingerprint density at radius 2 is 1.74 bits per heavy atom. The van der Waals surface area contributed by atoms with Crippen LogP contribution in [0.5, 0.6) is 0 Å². The lowest BCUT2D eigenvalue weighted by molar-refractivity contribution is 0.348. The summed E-state index contributed by atoms with van der Waals surface area (Å²) in [5.41, 5.74) is 2.74. The molecule has 120 valence electrons. The van der Waals surface area contributed by atoms with Crippen molar-refractivity contribution in [3.63, 3.8) is 0 Å². The first kappa shape index (κ1) is 16.1. The van der Waals surface area contributed by atoms with Gasteiger partial charge in [0.15, 0.2) is 11.0 Å². The van der Waals surface area contributed by atoms with E-state index in [4.69, 9.17) is 10.8 Å². The van der Waals surface area contributed by atoms with Crippen molar-refractivity contribution >= 4 is 46.7 Å². The van der Waals surface area contributed by atoms with Crippen molar-refractivity contribution in [2.45, 2.75) is 19.3 Å². The molecule has 3 aliphatic heterocycles. The van der Waals surface area contributed by atoms with Gasteiger partial charge in [0.05, 0.1) is 10.6 Å². The van der Waals surface area contributed by atoms with E-state index >= 15 is 0 Å². The van der Waals surface area contributed by atoms with Gasteiger partial charge in [0.2, 0.25) is 0 Å². The van der Waals surface area contributed by atoms with Crippen LogP contribution in [0.25, 0.3) is 5.70 Å². The third-order valence-electron chi connectivity index (χ3n) is 4.19. The Kier molecular flexibility index (Phi) is 4.46. The fourth-order valence-corrected chi connectivity index (χ4v) is 4.09. The summed E-state index contributed by atoms with van der Waals surface area (Å²) in [5, 5.41) is 20.3. The molecule has 5 nitrogen and oxygen atoms in total. The first-order valence-corrected chi connectivity index (χ1v) is 8.36. The van der Waals surface area contributed by atoms with Crippen LogP contribution in [0, 0.1) is 10.8 Å². The molecule has 3 N–H and O–H groups in total. The van der Waals surface area contributed by atoms with Gasteiger partial charge >= 0.3 is 0 Å². The molecule has 0 radical (unpaired) electrons. The highest BCUT2D eigenvalue weighted by atomic mass is 35.5. The minimum absolute atomic E-state index is 0. The molecule has 0 aliphatic carbocycles. The van der Waals surface area contributed by atoms with Crippen molar-refractivity contribution in [3.05, 3.63) is 40.3 Å². The second-order valence-corrected chi connectivity index (χ2v) is 6.62. The number of halogens is 1. The second kappa shape index (κ2) is 6.37. The Morgan fingerprint density at radius 1 is 1.04 bits per heavy atom. The molecule has 0 aromatic heterocycles. The lowest BCUT2D eigenvalue weighted by Gasteiger charge is -2.27. The number of fused-ring (bicyclic) bond motifs is 1. The van der Waals surface area contributed by atoms with Gasteiger partial charge in [-0.15, -0.1) is 12.4 Å². The summed E-state index contributed by atoms with van der Waals surface area (Å²) < 4.78 is 0. The Labute approximate surface area is 145 Å². The van der Waals surface area contributed by atoms with Crippen molar-refractivity contribution < 1.29 is 0 Å². The van der Waals surface area contributed by atoms with Crippen molar-refractivity contribution in [3.8, 4) is 0 Å². The fourth-order valence-electron chi connectivity index (χ4n) is 3.06. The van der Waals surface area contributed by atoms with Gasteiger partial charge in [0.25, 0.3) is 0 Å². The van der Waals surface area contributed by atoms with E-state index in [1.165, 1.54) is 19.3 Å². The van der Waals surface area contributed by atoms with E-state index in [1.54, 1.807) is 11.8 Å². The van der Waals surface area contributed by atoms with Gasteiger partial charge in [0, 0.05) is 24.2 Å². The predicted octanol–water partition coefficient (Wildman–Crippen LogP) is 3.27. The van der Waals surface area contributed by atoms with Crippen molar-refractivity contribution in [1.29, 1.82) is 10.8 Å². The number of piperidine rings is 1.